The van der Waals surface area contributed by atoms with Crippen molar-refractivity contribution in [3.05, 3.63) is 59.2 Å². The average Bonchev–Trinajstić information content (AvgIpc) is 2.85. The third kappa shape index (κ3) is 7.90. The molecule has 38 heavy (non-hydrogen) atoms. The van der Waals surface area contributed by atoms with Crippen LogP contribution in [0.2, 0.25) is 0 Å². The minimum Gasteiger partial charge on any atom is -0.449 e. The van der Waals surface area contributed by atoms with Crippen molar-refractivity contribution in [2.75, 3.05) is 38.2 Å². The number of anilines is 1. The summed E-state index contributed by atoms with van der Waals surface area (Å²) in [6, 6.07) is 7.44. The molecule has 2 amide bonds. The summed E-state index contributed by atoms with van der Waals surface area (Å²) in [5.41, 5.74) is -4.35. The van der Waals surface area contributed by atoms with Crippen LogP contribution in [0.1, 0.15) is 30.0 Å². The fourth-order valence-corrected chi connectivity index (χ4v) is 4.62. The van der Waals surface area contributed by atoms with Gasteiger partial charge in [-0.2, -0.15) is 26.3 Å². The third-order valence-electron chi connectivity index (χ3n) is 5.24. The van der Waals surface area contributed by atoms with E-state index in [-0.39, 0.29) is 43.5 Å². The lowest BCUT2D eigenvalue weighted by Gasteiger charge is -2.25. The van der Waals surface area contributed by atoms with Crippen LogP contribution in [-0.4, -0.2) is 49.8 Å². The SMILES string of the molecule is CCCOC(=O)Nc1cccc(Sc2ccc(C=CC(=O)N3CCOCC3)c(C(F)(F)F)c2C(F)(F)F)c1. The van der Waals surface area contributed by atoms with Crippen molar-refractivity contribution >= 4 is 35.5 Å². The molecule has 13 heteroatoms. The Labute approximate surface area is 219 Å². The Kier molecular flexibility index (Phi) is 9.71. The van der Waals surface area contributed by atoms with Crippen LogP contribution < -0.4 is 5.32 Å². The molecule has 1 heterocycles. The zero-order chi connectivity index (χ0) is 27.9. The Morgan fingerprint density at radius 1 is 1.05 bits per heavy atom. The highest BCUT2D eigenvalue weighted by molar-refractivity contribution is 7.99. The van der Waals surface area contributed by atoms with Gasteiger partial charge in [-0.1, -0.05) is 30.8 Å². The number of ether oxygens (including phenoxy) is 2. The molecule has 0 aromatic heterocycles. The summed E-state index contributed by atoms with van der Waals surface area (Å²) in [5, 5.41) is 2.42. The van der Waals surface area contributed by atoms with Crippen LogP contribution in [0.5, 0.6) is 0 Å². The maximum Gasteiger partial charge on any atom is 0.418 e. The molecule has 2 aromatic rings. The number of alkyl halides is 6. The van der Waals surface area contributed by atoms with Crippen LogP contribution in [0, 0.1) is 0 Å². The summed E-state index contributed by atoms with van der Waals surface area (Å²) >= 11 is 0.461. The molecule has 0 spiro atoms. The maximum atomic E-state index is 14.1. The van der Waals surface area contributed by atoms with Gasteiger partial charge < -0.3 is 14.4 Å². The van der Waals surface area contributed by atoms with Gasteiger partial charge >= 0.3 is 18.4 Å². The lowest BCUT2D eigenvalue weighted by Crippen LogP contribution is -2.39. The number of halogens is 6. The summed E-state index contributed by atoms with van der Waals surface area (Å²) in [7, 11) is 0. The second-order valence-electron chi connectivity index (χ2n) is 8.06. The molecule has 0 bridgehead atoms. The molecule has 0 atom stereocenters. The van der Waals surface area contributed by atoms with E-state index in [0.717, 1.165) is 24.3 Å². The monoisotopic (exact) mass is 562 g/mol. The summed E-state index contributed by atoms with van der Waals surface area (Å²) in [6.45, 7) is 2.92. The van der Waals surface area contributed by atoms with Crippen LogP contribution in [0.15, 0.2) is 52.3 Å². The summed E-state index contributed by atoms with van der Waals surface area (Å²) in [5.74, 6) is -0.629. The average molecular weight is 563 g/mol. The number of hydrogen-bond donors (Lipinski definition) is 1. The van der Waals surface area contributed by atoms with Crippen LogP contribution in [0.4, 0.5) is 36.8 Å². The fourth-order valence-electron chi connectivity index (χ4n) is 3.57. The molecular weight excluding hydrogens is 538 g/mol. The van der Waals surface area contributed by atoms with Gasteiger partial charge in [-0.3, -0.25) is 10.1 Å². The molecular formula is C25H24F6N2O4S. The topological polar surface area (TPSA) is 67.9 Å². The number of morpholine rings is 1. The number of nitrogens with one attached hydrogen (secondary N) is 1. The molecule has 206 valence electrons. The van der Waals surface area contributed by atoms with Gasteiger partial charge in [0.05, 0.1) is 30.9 Å². The molecule has 2 aromatic carbocycles. The molecule has 0 saturated carbocycles. The number of benzene rings is 2. The predicted molar refractivity (Wildman–Crippen MR) is 129 cm³/mol. The lowest BCUT2D eigenvalue weighted by molar-refractivity contribution is -0.163. The Balaban J connectivity index is 1.97. The van der Waals surface area contributed by atoms with E-state index in [1.807, 2.05) is 0 Å². The molecule has 0 radical (unpaired) electrons. The van der Waals surface area contributed by atoms with E-state index in [1.165, 1.54) is 29.2 Å². The lowest BCUT2D eigenvalue weighted by atomic mass is 9.99. The van der Waals surface area contributed by atoms with Crippen molar-refractivity contribution in [1.82, 2.24) is 4.90 Å². The largest absolute Gasteiger partial charge is 0.449 e. The molecule has 0 unspecified atom stereocenters. The van der Waals surface area contributed by atoms with E-state index in [4.69, 9.17) is 9.47 Å². The van der Waals surface area contributed by atoms with Gasteiger partial charge in [0.15, 0.2) is 0 Å². The van der Waals surface area contributed by atoms with Crippen molar-refractivity contribution in [3.8, 4) is 0 Å². The first kappa shape index (κ1) is 29.4. The van der Waals surface area contributed by atoms with Crippen molar-refractivity contribution in [2.24, 2.45) is 0 Å². The first-order valence-electron chi connectivity index (χ1n) is 11.5. The van der Waals surface area contributed by atoms with Crippen LogP contribution in [0.3, 0.4) is 0 Å². The van der Waals surface area contributed by atoms with Gasteiger partial charge in [-0.25, -0.2) is 4.79 Å². The van der Waals surface area contributed by atoms with E-state index >= 15 is 0 Å². The molecule has 1 saturated heterocycles. The Morgan fingerprint density at radius 3 is 2.37 bits per heavy atom. The number of carbonyl (C=O) groups excluding carboxylic acids is 2. The molecule has 1 N–H and O–H groups in total. The highest BCUT2D eigenvalue weighted by Gasteiger charge is 2.46. The highest BCUT2D eigenvalue weighted by Crippen LogP contribution is 2.48. The quantitative estimate of drug-likeness (QED) is 0.300. The van der Waals surface area contributed by atoms with Crippen molar-refractivity contribution in [2.45, 2.75) is 35.5 Å². The number of carbonyl (C=O) groups is 2. The Hall–Kier alpha value is -3.19. The van der Waals surface area contributed by atoms with Gasteiger partial charge in [0.2, 0.25) is 5.91 Å². The zero-order valence-electron chi connectivity index (χ0n) is 20.1. The predicted octanol–water partition coefficient (Wildman–Crippen LogP) is 6.71. The van der Waals surface area contributed by atoms with Gasteiger partial charge in [0, 0.05) is 34.6 Å². The smallest absolute Gasteiger partial charge is 0.418 e. The van der Waals surface area contributed by atoms with Gasteiger partial charge in [0.1, 0.15) is 0 Å². The standard InChI is InChI=1S/C25H24F6N2O4S/c1-2-12-37-23(35)32-17-4-3-5-18(15-17)38-19-8-6-16(7-9-20(34)33-10-13-36-14-11-33)21(24(26,27)28)22(19)25(29,30)31/h3-9,15H,2,10-14H2,1H3,(H,32,35). The van der Waals surface area contributed by atoms with E-state index in [0.29, 0.717) is 18.2 Å². The van der Waals surface area contributed by atoms with E-state index < -0.39 is 45.9 Å². The number of nitrogens with zero attached hydrogens (tertiary/aromatic N) is 1. The van der Waals surface area contributed by atoms with E-state index in [1.54, 1.807) is 6.92 Å². The van der Waals surface area contributed by atoms with Crippen molar-refractivity contribution in [3.63, 3.8) is 0 Å². The number of amides is 2. The first-order valence-corrected chi connectivity index (χ1v) is 12.3. The second-order valence-corrected chi connectivity index (χ2v) is 9.18. The van der Waals surface area contributed by atoms with Crippen molar-refractivity contribution in [1.29, 1.82) is 0 Å². The van der Waals surface area contributed by atoms with Crippen LogP contribution in [0.25, 0.3) is 6.08 Å². The summed E-state index contributed by atoms with van der Waals surface area (Å²) < 4.78 is 94.3. The number of hydrogen-bond acceptors (Lipinski definition) is 5. The van der Waals surface area contributed by atoms with Gasteiger partial charge in [0.25, 0.3) is 0 Å². The summed E-state index contributed by atoms with van der Waals surface area (Å²) in [6.07, 6.45) is -9.34. The van der Waals surface area contributed by atoms with E-state index in [2.05, 4.69) is 5.32 Å². The van der Waals surface area contributed by atoms with Crippen LogP contribution in [-0.2, 0) is 26.6 Å². The summed E-state index contributed by atoms with van der Waals surface area (Å²) in [4.78, 5) is 24.9. The zero-order valence-corrected chi connectivity index (χ0v) is 20.9. The van der Waals surface area contributed by atoms with Crippen LogP contribution >= 0.6 is 11.8 Å². The van der Waals surface area contributed by atoms with Gasteiger partial charge in [-0.15, -0.1) is 0 Å². The van der Waals surface area contributed by atoms with Crippen molar-refractivity contribution < 1.29 is 45.4 Å². The Bertz CT molecular complexity index is 1180. The fraction of sp³-hybridized carbons (Fsp3) is 0.360. The minimum absolute atomic E-state index is 0.155. The Morgan fingerprint density at radius 2 is 1.74 bits per heavy atom. The maximum absolute atomic E-state index is 14.1. The number of rotatable bonds is 7. The van der Waals surface area contributed by atoms with Gasteiger partial charge in [-0.05, 0) is 42.3 Å². The molecule has 3 rings (SSSR count). The second kappa shape index (κ2) is 12.6. The third-order valence-corrected chi connectivity index (χ3v) is 6.29. The molecule has 1 aliphatic rings. The normalized spacial score (nSPS) is 14.6. The highest BCUT2D eigenvalue weighted by atomic mass is 32.2. The molecule has 1 aliphatic heterocycles. The first-order chi connectivity index (χ1) is 17.9. The molecule has 0 aliphatic carbocycles. The molecule has 6 nitrogen and oxygen atoms in total. The molecule has 1 fully saturated rings. The minimum atomic E-state index is -5.37. The van der Waals surface area contributed by atoms with E-state index in [9.17, 15) is 35.9 Å².